The van der Waals surface area contributed by atoms with E-state index in [1.165, 1.54) is 12.8 Å². The van der Waals surface area contributed by atoms with Gasteiger partial charge in [-0.3, -0.25) is 9.78 Å². The smallest absolute Gasteiger partial charge is 0.338 e. The minimum absolute atomic E-state index is 0.0331. The largest absolute Gasteiger partial charge is 0.462 e. The molecule has 0 spiro atoms. The fraction of sp³-hybridized carbons (Fsp3) is 0.381. The first-order valence-corrected chi connectivity index (χ1v) is 9.46. The Hall–Kier alpha value is -2.89. The number of nitrogens with one attached hydrogen (secondary N) is 1. The number of hydrogen-bond donors (Lipinski definition) is 1. The molecule has 1 aliphatic heterocycles. The molecule has 2 heterocycles. The van der Waals surface area contributed by atoms with Crippen LogP contribution in [0.2, 0.25) is 0 Å². The second kappa shape index (κ2) is 9.16. The van der Waals surface area contributed by atoms with Crippen LogP contribution >= 0.6 is 0 Å². The lowest BCUT2D eigenvalue weighted by molar-refractivity contribution is 0.0526. The highest BCUT2D eigenvalue weighted by molar-refractivity contribution is 5.95. The fourth-order valence-electron chi connectivity index (χ4n) is 3.15. The van der Waals surface area contributed by atoms with Crippen LogP contribution in [0.1, 0.15) is 53.3 Å². The minimum Gasteiger partial charge on any atom is -0.462 e. The average molecular weight is 367 g/mol. The number of esters is 1. The van der Waals surface area contributed by atoms with E-state index in [1.807, 2.05) is 11.0 Å². The summed E-state index contributed by atoms with van der Waals surface area (Å²) in [5.74, 6) is -0.304. The number of nitrogens with zero attached hydrogens (tertiary/aromatic N) is 2. The van der Waals surface area contributed by atoms with Crippen molar-refractivity contribution in [2.24, 2.45) is 0 Å². The van der Waals surface area contributed by atoms with Gasteiger partial charge in [0.2, 0.25) is 0 Å². The van der Waals surface area contributed by atoms with Crippen molar-refractivity contribution in [2.75, 3.05) is 25.0 Å². The summed E-state index contributed by atoms with van der Waals surface area (Å²) in [4.78, 5) is 30.6. The molecule has 6 nitrogen and oxygen atoms in total. The number of carbonyl (C=O) groups is 2. The molecule has 6 heteroatoms. The topological polar surface area (TPSA) is 71.5 Å². The lowest BCUT2D eigenvalue weighted by atomic mass is 10.2. The lowest BCUT2D eigenvalue weighted by Gasteiger charge is -2.20. The molecule has 1 amide bonds. The zero-order valence-corrected chi connectivity index (χ0v) is 15.6. The summed E-state index contributed by atoms with van der Waals surface area (Å²) in [6.07, 6.45) is 7.78. The summed E-state index contributed by atoms with van der Waals surface area (Å²) in [6.45, 7) is 3.75. The van der Waals surface area contributed by atoms with Gasteiger partial charge in [0.05, 0.1) is 29.6 Å². The van der Waals surface area contributed by atoms with E-state index < -0.39 is 0 Å². The highest BCUT2D eigenvalue weighted by Gasteiger charge is 2.18. The Kier molecular flexibility index (Phi) is 6.41. The van der Waals surface area contributed by atoms with Crippen molar-refractivity contribution in [3.8, 4) is 0 Å². The van der Waals surface area contributed by atoms with E-state index in [1.54, 1.807) is 43.6 Å². The summed E-state index contributed by atoms with van der Waals surface area (Å²) < 4.78 is 4.98. The van der Waals surface area contributed by atoms with Crippen molar-refractivity contribution >= 4 is 23.3 Å². The Balaban J connectivity index is 1.68. The Morgan fingerprint density at radius 3 is 2.37 bits per heavy atom. The van der Waals surface area contributed by atoms with Crippen LogP contribution in [-0.4, -0.2) is 41.5 Å². The number of pyridine rings is 1. The summed E-state index contributed by atoms with van der Waals surface area (Å²) in [5.41, 5.74) is 2.64. The SMILES string of the molecule is CCOC(=O)c1ccc(Nc2cncc(C(=O)N3CCCCCC3)c2)cc1. The predicted molar refractivity (Wildman–Crippen MR) is 104 cm³/mol. The molecule has 0 atom stereocenters. The minimum atomic E-state index is -0.337. The van der Waals surface area contributed by atoms with Gasteiger partial charge < -0.3 is 15.0 Å². The third-order valence-electron chi connectivity index (χ3n) is 4.56. The van der Waals surface area contributed by atoms with Gasteiger partial charge >= 0.3 is 5.97 Å². The molecule has 1 saturated heterocycles. The lowest BCUT2D eigenvalue weighted by Crippen LogP contribution is -2.31. The fourth-order valence-corrected chi connectivity index (χ4v) is 3.15. The van der Waals surface area contributed by atoms with E-state index in [0.29, 0.717) is 17.7 Å². The highest BCUT2D eigenvalue weighted by atomic mass is 16.5. The first-order valence-electron chi connectivity index (χ1n) is 9.46. The Bertz CT molecular complexity index is 782. The maximum Gasteiger partial charge on any atom is 0.338 e. The van der Waals surface area contributed by atoms with Crippen LogP contribution in [0, 0.1) is 0 Å². The van der Waals surface area contributed by atoms with Crippen LogP contribution < -0.4 is 5.32 Å². The number of ether oxygens (including phenoxy) is 1. The third kappa shape index (κ3) is 5.06. The molecular weight excluding hydrogens is 342 g/mol. The van der Waals surface area contributed by atoms with Gasteiger partial charge in [-0.25, -0.2) is 4.79 Å². The number of rotatable bonds is 5. The number of aromatic nitrogens is 1. The monoisotopic (exact) mass is 367 g/mol. The first kappa shape index (κ1) is 18.9. The van der Waals surface area contributed by atoms with E-state index in [9.17, 15) is 9.59 Å². The molecule has 0 radical (unpaired) electrons. The van der Waals surface area contributed by atoms with Crippen LogP contribution in [0.3, 0.4) is 0 Å². The highest BCUT2D eigenvalue weighted by Crippen LogP contribution is 2.19. The van der Waals surface area contributed by atoms with Gasteiger partial charge in [-0.05, 0) is 50.1 Å². The molecule has 1 aromatic heterocycles. The molecule has 1 aromatic carbocycles. The van der Waals surface area contributed by atoms with Crippen molar-refractivity contribution in [1.82, 2.24) is 9.88 Å². The molecule has 3 rings (SSSR count). The van der Waals surface area contributed by atoms with Crippen molar-refractivity contribution in [3.63, 3.8) is 0 Å². The number of anilines is 2. The standard InChI is InChI=1S/C21H25N3O3/c1-2-27-21(26)16-7-9-18(10-8-16)23-19-13-17(14-22-15-19)20(25)24-11-5-3-4-6-12-24/h7-10,13-15,23H,2-6,11-12H2,1H3. The van der Waals surface area contributed by atoms with Crippen molar-refractivity contribution in [3.05, 3.63) is 53.9 Å². The third-order valence-corrected chi connectivity index (χ3v) is 4.56. The van der Waals surface area contributed by atoms with E-state index in [2.05, 4.69) is 10.3 Å². The maximum atomic E-state index is 12.7. The van der Waals surface area contributed by atoms with Gasteiger partial charge in [0.15, 0.2) is 0 Å². The van der Waals surface area contributed by atoms with Gasteiger partial charge in [-0.2, -0.15) is 0 Å². The first-order chi connectivity index (χ1) is 13.2. The van der Waals surface area contributed by atoms with E-state index in [0.717, 1.165) is 37.3 Å². The Morgan fingerprint density at radius 1 is 1.00 bits per heavy atom. The van der Waals surface area contributed by atoms with Crippen LogP contribution in [0.25, 0.3) is 0 Å². The van der Waals surface area contributed by atoms with Crippen LogP contribution in [-0.2, 0) is 4.74 Å². The molecule has 0 saturated carbocycles. The normalized spacial score (nSPS) is 14.3. The second-order valence-electron chi connectivity index (χ2n) is 6.59. The molecule has 0 bridgehead atoms. The number of hydrogen-bond acceptors (Lipinski definition) is 5. The van der Waals surface area contributed by atoms with Gasteiger partial charge in [-0.1, -0.05) is 12.8 Å². The zero-order valence-electron chi connectivity index (χ0n) is 15.6. The molecule has 0 aliphatic carbocycles. The molecule has 2 aromatic rings. The van der Waals surface area contributed by atoms with Crippen molar-refractivity contribution < 1.29 is 14.3 Å². The van der Waals surface area contributed by atoms with E-state index >= 15 is 0 Å². The summed E-state index contributed by atoms with van der Waals surface area (Å²) in [5, 5.41) is 3.23. The molecule has 142 valence electrons. The van der Waals surface area contributed by atoms with E-state index in [4.69, 9.17) is 4.74 Å². The number of amides is 1. The summed E-state index contributed by atoms with van der Waals surface area (Å²) >= 11 is 0. The molecule has 1 fully saturated rings. The summed E-state index contributed by atoms with van der Waals surface area (Å²) in [6, 6.07) is 8.84. The second-order valence-corrected chi connectivity index (χ2v) is 6.59. The van der Waals surface area contributed by atoms with Gasteiger partial charge in [0, 0.05) is 25.0 Å². The van der Waals surface area contributed by atoms with Gasteiger partial charge in [-0.15, -0.1) is 0 Å². The maximum absolute atomic E-state index is 12.7. The van der Waals surface area contributed by atoms with Crippen LogP contribution in [0.15, 0.2) is 42.7 Å². The molecule has 1 N–H and O–H groups in total. The molecule has 1 aliphatic rings. The molecular formula is C21H25N3O3. The van der Waals surface area contributed by atoms with Crippen molar-refractivity contribution in [2.45, 2.75) is 32.6 Å². The number of benzene rings is 1. The average Bonchev–Trinajstić information content (AvgIpc) is 2.98. The van der Waals surface area contributed by atoms with Crippen molar-refractivity contribution in [1.29, 1.82) is 0 Å². The number of carbonyl (C=O) groups excluding carboxylic acids is 2. The summed E-state index contributed by atoms with van der Waals surface area (Å²) in [7, 11) is 0. The van der Waals surface area contributed by atoms with Gasteiger partial charge in [0.25, 0.3) is 5.91 Å². The Labute approximate surface area is 159 Å². The van der Waals surface area contributed by atoms with Crippen LogP contribution in [0.4, 0.5) is 11.4 Å². The Morgan fingerprint density at radius 2 is 1.70 bits per heavy atom. The number of likely N-dealkylation sites (tertiary alicyclic amines) is 1. The zero-order chi connectivity index (χ0) is 19.1. The van der Waals surface area contributed by atoms with E-state index in [-0.39, 0.29) is 11.9 Å². The predicted octanol–water partition coefficient (Wildman–Crippen LogP) is 4.02. The molecule has 27 heavy (non-hydrogen) atoms. The van der Waals surface area contributed by atoms with Gasteiger partial charge in [0.1, 0.15) is 0 Å². The van der Waals surface area contributed by atoms with Crippen LogP contribution in [0.5, 0.6) is 0 Å². The quantitative estimate of drug-likeness (QED) is 0.808. The molecule has 0 unspecified atom stereocenters.